The predicted octanol–water partition coefficient (Wildman–Crippen LogP) is 5.06. The number of carbonyl (C=O) groups is 1. The molecule has 25 heavy (non-hydrogen) atoms. The second-order valence-corrected chi connectivity index (χ2v) is 5.77. The van der Waals surface area contributed by atoms with Crippen LogP contribution in [0.4, 0.5) is 5.69 Å². The molecule has 3 rings (SSSR count). The van der Waals surface area contributed by atoms with E-state index >= 15 is 0 Å². The predicted molar refractivity (Wildman–Crippen MR) is 97.9 cm³/mol. The zero-order valence-electron chi connectivity index (χ0n) is 14.2. The van der Waals surface area contributed by atoms with Crippen LogP contribution in [0.3, 0.4) is 0 Å². The van der Waals surface area contributed by atoms with Gasteiger partial charge in [-0.25, -0.2) is 0 Å². The quantitative estimate of drug-likeness (QED) is 0.656. The maximum Gasteiger partial charge on any atom is 0.291 e. The largest absolute Gasteiger partial charge is 0.486 e. The van der Waals surface area contributed by atoms with Crippen molar-refractivity contribution in [1.82, 2.24) is 0 Å². The lowest BCUT2D eigenvalue weighted by atomic mass is 10.1. The lowest BCUT2D eigenvalue weighted by Gasteiger charge is -2.05. The van der Waals surface area contributed by atoms with Crippen molar-refractivity contribution in [3.05, 3.63) is 83.8 Å². The third-order valence-corrected chi connectivity index (χ3v) is 3.76. The molecule has 2 aromatic carbocycles. The number of anilines is 1. The number of furan rings is 1. The second kappa shape index (κ2) is 8.20. The van der Waals surface area contributed by atoms with Crippen LogP contribution in [0.15, 0.2) is 71.1 Å². The normalized spacial score (nSPS) is 10.4. The van der Waals surface area contributed by atoms with Gasteiger partial charge in [-0.3, -0.25) is 4.79 Å². The molecule has 1 aromatic heterocycles. The number of ether oxygens (including phenoxy) is 1. The summed E-state index contributed by atoms with van der Waals surface area (Å²) in [5.74, 6) is 1.38. The van der Waals surface area contributed by atoms with E-state index < -0.39 is 0 Å². The number of hydrogen-bond acceptors (Lipinski definition) is 3. The summed E-state index contributed by atoms with van der Waals surface area (Å²) < 4.78 is 11.3. The Morgan fingerprint density at radius 2 is 1.76 bits per heavy atom. The van der Waals surface area contributed by atoms with E-state index in [0.717, 1.165) is 24.3 Å². The van der Waals surface area contributed by atoms with E-state index in [1.165, 1.54) is 5.56 Å². The number of carbonyl (C=O) groups excluding carboxylic acids is 1. The van der Waals surface area contributed by atoms with Gasteiger partial charge in [0.1, 0.15) is 18.1 Å². The van der Waals surface area contributed by atoms with Crippen LogP contribution >= 0.6 is 0 Å². The monoisotopic (exact) mass is 335 g/mol. The van der Waals surface area contributed by atoms with E-state index in [4.69, 9.17) is 9.15 Å². The minimum atomic E-state index is -0.277. The Bertz CT molecular complexity index is 807. The van der Waals surface area contributed by atoms with Gasteiger partial charge in [0.25, 0.3) is 5.91 Å². The number of para-hydroxylation sites is 1. The molecule has 1 heterocycles. The Kier molecular flexibility index (Phi) is 5.52. The molecule has 0 saturated carbocycles. The van der Waals surface area contributed by atoms with Crippen molar-refractivity contribution in [1.29, 1.82) is 0 Å². The summed E-state index contributed by atoms with van der Waals surface area (Å²) in [7, 11) is 0. The fraction of sp³-hybridized carbons (Fsp3) is 0.190. The molecule has 0 fully saturated rings. The molecule has 0 atom stereocenters. The van der Waals surface area contributed by atoms with Crippen LogP contribution in [0.25, 0.3) is 0 Å². The van der Waals surface area contributed by atoms with Crippen molar-refractivity contribution in [3.63, 3.8) is 0 Å². The second-order valence-electron chi connectivity index (χ2n) is 5.77. The molecule has 4 heteroatoms. The lowest BCUT2D eigenvalue weighted by Crippen LogP contribution is -2.10. The topological polar surface area (TPSA) is 51.5 Å². The van der Waals surface area contributed by atoms with E-state index in [9.17, 15) is 4.79 Å². The summed E-state index contributed by atoms with van der Waals surface area (Å²) in [5, 5.41) is 2.79. The highest BCUT2D eigenvalue weighted by Crippen LogP contribution is 2.17. The van der Waals surface area contributed by atoms with Gasteiger partial charge in [-0.1, -0.05) is 43.7 Å². The summed E-state index contributed by atoms with van der Waals surface area (Å²) in [5.41, 5.74) is 2.03. The Labute approximate surface area is 147 Å². The first-order valence-electron chi connectivity index (χ1n) is 8.41. The third kappa shape index (κ3) is 4.73. The Hall–Kier alpha value is -3.01. The maximum atomic E-state index is 12.2. The van der Waals surface area contributed by atoms with Crippen LogP contribution in [0.1, 0.15) is 35.2 Å². The smallest absolute Gasteiger partial charge is 0.291 e. The van der Waals surface area contributed by atoms with Crippen molar-refractivity contribution in [2.45, 2.75) is 26.4 Å². The van der Waals surface area contributed by atoms with Crippen molar-refractivity contribution < 1.29 is 13.9 Å². The number of aryl methyl sites for hydroxylation is 1. The van der Waals surface area contributed by atoms with E-state index in [0.29, 0.717) is 5.76 Å². The number of hydrogen-bond donors (Lipinski definition) is 1. The van der Waals surface area contributed by atoms with Crippen molar-refractivity contribution in [2.24, 2.45) is 0 Å². The van der Waals surface area contributed by atoms with E-state index in [1.54, 1.807) is 12.1 Å². The van der Waals surface area contributed by atoms with E-state index in [-0.39, 0.29) is 18.3 Å². The van der Waals surface area contributed by atoms with Gasteiger partial charge in [0.15, 0.2) is 5.76 Å². The molecule has 0 spiro atoms. The number of benzene rings is 2. The van der Waals surface area contributed by atoms with Gasteiger partial charge in [-0.05, 0) is 48.4 Å². The molecule has 0 aliphatic carbocycles. The molecule has 0 saturated heterocycles. The van der Waals surface area contributed by atoms with Crippen LogP contribution in [0.2, 0.25) is 0 Å². The van der Waals surface area contributed by atoms with Crippen LogP contribution in [0.5, 0.6) is 5.75 Å². The highest BCUT2D eigenvalue weighted by molar-refractivity contribution is 6.02. The molecular weight excluding hydrogens is 314 g/mol. The molecule has 1 amide bonds. The van der Waals surface area contributed by atoms with Gasteiger partial charge in [0, 0.05) is 5.69 Å². The minimum absolute atomic E-state index is 0.265. The molecule has 0 unspecified atom stereocenters. The number of rotatable bonds is 7. The molecular formula is C21H21NO3. The fourth-order valence-corrected chi connectivity index (χ4v) is 2.49. The molecule has 0 aliphatic heterocycles. The van der Waals surface area contributed by atoms with Crippen molar-refractivity contribution >= 4 is 11.6 Å². The van der Waals surface area contributed by atoms with Gasteiger partial charge in [0.2, 0.25) is 0 Å². The highest BCUT2D eigenvalue weighted by atomic mass is 16.5. The Balaban J connectivity index is 1.55. The summed E-state index contributed by atoms with van der Waals surface area (Å²) in [6.45, 7) is 2.44. The van der Waals surface area contributed by atoms with E-state index in [2.05, 4.69) is 24.4 Å². The summed E-state index contributed by atoms with van der Waals surface area (Å²) in [6, 6.07) is 20.7. The van der Waals surface area contributed by atoms with Gasteiger partial charge >= 0.3 is 0 Å². The first-order chi connectivity index (χ1) is 12.2. The van der Waals surface area contributed by atoms with Crippen LogP contribution < -0.4 is 10.1 Å². The fourth-order valence-electron chi connectivity index (χ4n) is 2.49. The molecule has 128 valence electrons. The van der Waals surface area contributed by atoms with Crippen molar-refractivity contribution in [3.8, 4) is 5.75 Å². The molecule has 0 aliphatic rings. The lowest BCUT2D eigenvalue weighted by molar-refractivity contribution is 0.0992. The summed E-state index contributed by atoms with van der Waals surface area (Å²) in [6.07, 6.45) is 2.19. The molecule has 1 N–H and O–H groups in total. The Morgan fingerprint density at radius 1 is 1.00 bits per heavy atom. The van der Waals surface area contributed by atoms with Crippen LogP contribution in [-0.4, -0.2) is 5.91 Å². The van der Waals surface area contributed by atoms with Gasteiger partial charge in [0.05, 0.1) is 0 Å². The average molecular weight is 335 g/mol. The zero-order valence-corrected chi connectivity index (χ0v) is 14.2. The zero-order chi connectivity index (χ0) is 17.5. The van der Waals surface area contributed by atoms with Crippen LogP contribution in [0, 0.1) is 0 Å². The summed E-state index contributed by atoms with van der Waals surface area (Å²) >= 11 is 0. The standard InChI is InChI=1S/C21H21NO3/c1-2-6-16-9-11-18(12-10-16)24-15-19-13-14-20(25-19)21(23)22-17-7-4-3-5-8-17/h3-5,7-14H,2,6,15H2,1H3,(H,22,23). The third-order valence-electron chi connectivity index (χ3n) is 3.76. The molecule has 4 nitrogen and oxygen atoms in total. The average Bonchev–Trinajstić information content (AvgIpc) is 3.11. The highest BCUT2D eigenvalue weighted by Gasteiger charge is 2.11. The Morgan fingerprint density at radius 3 is 2.48 bits per heavy atom. The first kappa shape index (κ1) is 16.8. The first-order valence-corrected chi connectivity index (χ1v) is 8.41. The van der Waals surface area contributed by atoms with E-state index in [1.807, 2.05) is 42.5 Å². The molecule has 3 aromatic rings. The SMILES string of the molecule is CCCc1ccc(OCc2ccc(C(=O)Nc3ccccc3)o2)cc1. The van der Waals surface area contributed by atoms with Gasteiger partial charge < -0.3 is 14.5 Å². The number of amides is 1. The molecule has 0 bridgehead atoms. The van der Waals surface area contributed by atoms with Gasteiger partial charge in [-0.2, -0.15) is 0 Å². The van der Waals surface area contributed by atoms with Crippen LogP contribution in [-0.2, 0) is 13.0 Å². The van der Waals surface area contributed by atoms with Gasteiger partial charge in [-0.15, -0.1) is 0 Å². The maximum absolute atomic E-state index is 12.2. The summed E-state index contributed by atoms with van der Waals surface area (Å²) in [4.78, 5) is 12.2. The number of nitrogens with one attached hydrogen (secondary N) is 1. The van der Waals surface area contributed by atoms with Crippen molar-refractivity contribution in [2.75, 3.05) is 5.32 Å². The molecule has 0 radical (unpaired) electrons. The minimum Gasteiger partial charge on any atom is -0.486 e.